The molecule has 1 amide bonds. The van der Waals surface area contributed by atoms with Crippen LogP contribution in [0.1, 0.15) is 13.3 Å². The fraction of sp³-hybridized carbons (Fsp3) is 0.273. The molecule has 0 saturated heterocycles. The molecule has 1 aromatic carbocycles. The third-order valence-electron chi connectivity index (χ3n) is 1.79. The monoisotopic (exact) mass is 287 g/mol. The van der Waals surface area contributed by atoms with Crippen molar-refractivity contribution in [2.24, 2.45) is 0 Å². The van der Waals surface area contributed by atoms with Crippen molar-refractivity contribution in [3.63, 3.8) is 0 Å². The van der Waals surface area contributed by atoms with Crippen LogP contribution >= 0.6 is 0 Å². The summed E-state index contributed by atoms with van der Waals surface area (Å²) in [6.45, 7) is 1.38. The Morgan fingerprint density at radius 1 is 1.29 bits per heavy atom. The number of carbonyl (C=O) groups excluding carboxylic acids is 2. The van der Waals surface area contributed by atoms with Gasteiger partial charge in [-0.15, -0.1) is 0 Å². The molecular weight excluding hydrogens is 276 g/mol. The second-order valence-electron chi connectivity index (χ2n) is 3.13. The van der Waals surface area contributed by atoms with Crippen LogP contribution < -0.4 is 10.1 Å². The third kappa shape index (κ3) is 6.02. The van der Waals surface area contributed by atoms with Gasteiger partial charge in [0.1, 0.15) is 11.5 Å². The number of carbonyl (C=O) groups is 2. The number of ether oxygens (including phenoxy) is 1. The van der Waals surface area contributed by atoms with E-state index in [9.17, 15) is 9.59 Å². The zero-order valence-corrected chi connectivity index (χ0v) is 12.8. The summed E-state index contributed by atoms with van der Waals surface area (Å²) in [7, 11) is 1.52. The molecule has 5 nitrogen and oxygen atoms in total. The number of hydrogen-bond donors (Lipinski definition) is 1. The minimum absolute atomic E-state index is 0.113. The van der Waals surface area contributed by atoms with Gasteiger partial charge in [0.15, 0.2) is 0 Å². The predicted molar refractivity (Wildman–Crippen MR) is 57.6 cm³/mol. The zero-order valence-electron chi connectivity index (χ0n) is 9.86. The van der Waals surface area contributed by atoms with Crippen molar-refractivity contribution in [1.29, 1.82) is 0 Å². The first kappa shape index (κ1) is 15.6. The van der Waals surface area contributed by atoms with Gasteiger partial charge in [-0.05, 0) is 19.1 Å². The zero-order chi connectivity index (χ0) is 13.3. The van der Waals surface area contributed by atoms with Crippen molar-refractivity contribution in [2.45, 2.75) is 13.3 Å². The molecule has 0 aromatic heterocycles. The van der Waals surface area contributed by atoms with Crippen molar-refractivity contribution >= 4 is 17.4 Å². The molecule has 0 radical (unpaired) electrons. The van der Waals surface area contributed by atoms with Gasteiger partial charge in [0, 0.05) is 0 Å². The summed E-state index contributed by atoms with van der Waals surface area (Å²) in [4.78, 5) is 22.0. The second-order valence-corrected chi connectivity index (χ2v) is 3.13. The number of amides is 1. The van der Waals surface area contributed by atoms with Crippen LogP contribution in [0.3, 0.4) is 0 Å². The quantitative estimate of drug-likeness (QED) is 0.673. The molecule has 0 aliphatic carbocycles. The number of anilines is 1. The first-order valence-electron chi connectivity index (χ1n) is 4.84. The topological polar surface area (TPSA) is 72.5 Å². The van der Waals surface area contributed by atoms with E-state index in [0.717, 1.165) is 0 Å². The number of hydrogen-bond acceptors (Lipinski definition) is 4. The van der Waals surface area contributed by atoms with E-state index in [1.54, 1.807) is 24.3 Å². The minimum atomic E-state index is -0.327. The van der Waals surface area contributed by atoms with E-state index in [-0.39, 0.29) is 36.4 Å². The molecule has 0 fully saturated rings. The van der Waals surface area contributed by atoms with Crippen molar-refractivity contribution in [3.8, 4) is 5.75 Å². The van der Waals surface area contributed by atoms with E-state index in [1.165, 1.54) is 14.0 Å². The summed E-state index contributed by atoms with van der Waals surface area (Å²) in [6.07, 6.45) is -0.113. The third-order valence-corrected chi connectivity index (χ3v) is 1.79. The number of methoxy groups -OCH3 is 1. The second kappa shape index (κ2) is 8.70. The fourth-order valence-corrected chi connectivity index (χ4v) is 1.17. The Bertz CT molecular complexity index is 395. The average Bonchev–Trinajstić information content (AvgIpc) is 2.31. The number of ketones is 1. The molecule has 0 unspecified atom stereocenters. The van der Waals surface area contributed by atoms with Crippen LogP contribution in [-0.2, 0) is 31.4 Å². The Balaban J connectivity index is 0.00000121. The van der Waals surface area contributed by atoms with Crippen molar-refractivity contribution in [2.75, 3.05) is 12.4 Å². The Kier molecular flexibility index (Phi) is 7.98. The first-order valence-corrected chi connectivity index (χ1v) is 6.06. The molecule has 0 aliphatic rings. The molecule has 0 saturated carbocycles. The molecule has 6 heteroatoms. The summed E-state index contributed by atoms with van der Waals surface area (Å²) >= 11 is 0.125. The van der Waals surface area contributed by atoms with Crippen LogP contribution in [0.4, 0.5) is 5.69 Å². The van der Waals surface area contributed by atoms with Crippen LogP contribution in [0.25, 0.3) is 0 Å². The van der Waals surface area contributed by atoms with Crippen LogP contribution in [-0.4, -0.2) is 18.8 Å². The Morgan fingerprint density at radius 2 is 1.88 bits per heavy atom. The van der Waals surface area contributed by atoms with E-state index in [4.69, 9.17) is 8.31 Å². The molecule has 88 valence electrons. The van der Waals surface area contributed by atoms with Crippen molar-refractivity contribution in [3.05, 3.63) is 24.3 Å². The predicted octanol–water partition coefficient (Wildman–Crippen LogP) is 1.49. The van der Waals surface area contributed by atoms with Crippen molar-refractivity contribution in [1.82, 2.24) is 0 Å². The van der Waals surface area contributed by atoms with Gasteiger partial charge in [0.25, 0.3) is 0 Å². The van der Waals surface area contributed by atoms with E-state index < -0.39 is 0 Å². The number of rotatable bonds is 4. The van der Waals surface area contributed by atoms with Crippen LogP contribution in [0, 0.1) is 0 Å². The van der Waals surface area contributed by atoms with Crippen LogP contribution in [0.5, 0.6) is 5.75 Å². The molecule has 0 aliphatic heterocycles. The summed E-state index contributed by atoms with van der Waals surface area (Å²) < 4.78 is 13.4. The molecule has 0 heterocycles. The molecular formula is C11H13NO4Zn. The maximum atomic E-state index is 11.3. The van der Waals surface area contributed by atoms with E-state index in [0.29, 0.717) is 11.4 Å². The van der Waals surface area contributed by atoms with Gasteiger partial charge >= 0.3 is 21.8 Å². The Labute approximate surface area is 109 Å². The van der Waals surface area contributed by atoms with Gasteiger partial charge in [-0.3, -0.25) is 9.59 Å². The molecule has 1 N–H and O–H groups in total. The molecule has 1 aromatic rings. The number of para-hydroxylation sites is 2. The maximum absolute atomic E-state index is 11.3. The van der Waals surface area contributed by atoms with E-state index in [1.807, 2.05) is 0 Å². The van der Waals surface area contributed by atoms with E-state index >= 15 is 0 Å². The molecule has 17 heavy (non-hydrogen) atoms. The number of nitrogens with one attached hydrogen (secondary N) is 1. The Morgan fingerprint density at radius 3 is 2.41 bits per heavy atom. The standard InChI is InChI=1S/C11H13NO3.O.Zn/c1-8(13)7-11(14)12-9-5-3-4-6-10(9)15-2;;/h3-6H,7H2,1-2H3,(H,12,14);;. The van der Waals surface area contributed by atoms with Gasteiger partial charge in [-0.2, -0.15) is 0 Å². The van der Waals surface area contributed by atoms with Crippen molar-refractivity contribution < 1.29 is 36.2 Å². The van der Waals surface area contributed by atoms with Gasteiger partial charge < -0.3 is 10.1 Å². The van der Waals surface area contributed by atoms with Crippen LogP contribution in [0.15, 0.2) is 24.3 Å². The number of benzene rings is 1. The average molecular weight is 289 g/mol. The summed E-state index contributed by atoms with van der Waals surface area (Å²) in [5, 5.41) is 2.61. The molecule has 0 bridgehead atoms. The fourth-order valence-electron chi connectivity index (χ4n) is 1.17. The van der Waals surface area contributed by atoms with Gasteiger partial charge in [-0.1, -0.05) is 12.1 Å². The normalized spacial score (nSPS) is 8.71. The van der Waals surface area contributed by atoms with Gasteiger partial charge in [-0.25, -0.2) is 0 Å². The first-order chi connectivity index (χ1) is 8.13. The molecule has 0 atom stereocenters. The summed E-state index contributed by atoms with van der Waals surface area (Å²) in [5.41, 5.74) is 0.575. The SMILES string of the molecule is COc1ccccc1NC(=O)CC(C)=O.[O]=[Zn]. The van der Waals surface area contributed by atoms with Gasteiger partial charge in [0.2, 0.25) is 5.91 Å². The Hall–Kier alpha value is -1.42. The van der Waals surface area contributed by atoms with E-state index in [2.05, 4.69) is 5.32 Å². The molecule has 0 spiro atoms. The summed E-state index contributed by atoms with van der Waals surface area (Å²) in [6, 6.07) is 7.05. The number of Topliss-reactive ketones (excluding diaryl/α,β-unsaturated/α-hetero) is 1. The van der Waals surface area contributed by atoms with Gasteiger partial charge in [0.05, 0.1) is 19.2 Å². The molecule has 1 rings (SSSR count). The van der Waals surface area contributed by atoms with Crippen LogP contribution in [0.2, 0.25) is 0 Å². The summed E-state index contributed by atoms with van der Waals surface area (Å²) in [5.74, 6) is 0.0869.